The van der Waals surface area contributed by atoms with Gasteiger partial charge in [-0.1, -0.05) is 35.5 Å². The largest absolute Gasteiger partial charge is 0.462 e. The highest BCUT2D eigenvalue weighted by atomic mass is 16.6. The summed E-state index contributed by atoms with van der Waals surface area (Å²) in [6.07, 6.45) is 2.14. The summed E-state index contributed by atoms with van der Waals surface area (Å²) in [7, 11) is 0. The third-order valence-electron chi connectivity index (χ3n) is 4.85. The number of carbonyl (C=O) groups excluding carboxylic acids is 1. The second kappa shape index (κ2) is 4.33. The zero-order valence-corrected chi connectivity index (χ0v) is 11.4. The first-order chi connectivity index (χ1) is 9.74. The third-order valence-corrected chi connectivity index (χ3v) is 4.85. The molecule has 2 saturated carbocycles. The van der Waals surface area contributed by atoms with Gasteiger partial charge in [-0.25, -0.2) is 0 Å². The number of rotatable bonds is 2. The molecule has 4 heteroatoms. The van der Waals surface area contributed by atoms with Gasteiger partial charge in [-0.3, -0.25) is 4.79 Å². The smallest absolute Gasteiger partial charge is 0.302 e. The molecule has 2 fully saturated rings. The fourth-order valence-corrected chi connectivity index (χ4v) is 4.15. The van der Waals surface area contributed by atoms with Crippen LogP contribution in [-0.4, -0.2) is 23.9 Å². The number of hydrogen-bond donors (Lipinski definition) is 0. The molecule has 0 amide bonds. The average Bonchev–Trinajstić information content (AvgIpc) is 3.09. The predicted octanol–water partition coefficient (Wildman–Crippen LogP) is 2.38. The summed E-state index contributed by atoms with van der Waals surface area (Å²) in [5.74, 6) is 1.00. The number of hydrogen-bond acceptors (Lipinski definition) is 4. The van der Waals surface area contributed by atoms with Crippen molar-refractivity contribution in [1.82, 2.24) is 0 Å². The van der Waals surface area contributed by atoms with Crippen LogP contribution in [0.15, 0.2) is 35.5 Å². The molecule has 1 aromatic rings. The van der Waals surface area contributed by atoms with Gasteiger partial charge in [-0.05, 0) is 24.3 Å². The van der Waals surface area contributed by atoms with E-state index >= 15 is 0 Å². The number of ether oxygens (including phenoxy) is 1. The molecule has 1 aromatic carbocycles. The molecule has 0 unspecified atom stereocenters. The van der Waals surface area contributed by atoms with Crippen molar-refractivity contribution in [2.45, 2.75) is 32.0 Å². The van der Waals surface area contributed by atoms with Gasteiger partial charge in [0.05, 0.1) is 5.71 Å². The van der Waals surface area contributed by atoms with Gasteiger partial charge in [0, 0.05) is 18.8 Å². The number of nitrogens with zero attached hydrogens (tertiary/aromatic N) is 1. The van der Waals surface area contributed by atoms with Crippen molar-refractivity contribution in [1.29, 1.82) is 0 Å². The van der Waals surface area contributed by atoms with Crippen LogP contribution in [0.25, 0.3) is 0 Å². The number of carbonyl (C=O) groups is 1. The lowest BCUT2D eigenvalue weighted by molar-refractivity contribution is -0.152. The highest BCUT2D eigenvalue weighted by Gasteiger charge is 2.59. The third kappa shape index (κ3) is 1.67. The van der Waals surface area contributed by atoms with Crippen molar-refractivity contribution in [3.63, 3.8) is 0 Å². The van der Waals surface area contributed by atoms with Gasteiger partial charge < -0.3 is 9.57 Å². The molecule has 5 atom stereocenters. The maximum Gasteiger partial charge on any atom is 0.302 e. The average molecular weight is 271 g/mol. The van der Waals surface area contributed by atoms with Gasteiger partial charge >= 0.3 is 5.97 Å². The van der Waals surface area contributed by atoms with Crippen molar-refractivity contribution >= 4 is 11.7 Å². The maximum absolute atomic E-state index is 11.2. The van der Waals surface area contributed by atoms with Gasteiger partial charge in [-0.2, -0.15) is 0 Å². The fourth-order valence-electron chi connectivity index (χ4n) is 4.15. The van der Waals surface area contributed by atoms with Crippen molar-refractivity contribution < 1.29 is 14.4 Å². The van der Waals surface area contributed by atoms with E-state index in [1.165, 1.54) is 6.92 Å². The summed E-state index contributed by atoms with van der Waals surface area (Å²) in [4.78, 5) is 16.8. The predicted molar refractivity (Wildman–Crippen MR) is 73.1 cm³/mol. The van der Waals surface area contributed by atoms with E-state index in [4.69, 9.17) is 9.57 Å². The molecule has 1 heterocycles. The molecule has 104 valence electrons. The summed E-state index contributed by atoms with van der Waals surface area (Å²) in [5.41, 5.74) is 2.22. The van der Waals surface area contributed by atoms with Crippen LogP contribution in [-0.2, 0) is 14.4 Å². The zero-order valence-electron chi connectivity index (χ0n) is 11.4. The molecule has 2 bridgehead atoms. The van der Waals surface area contributed by atoms with Crippen LogP contribution in [0.5, 0.6) is 0 Å². The van der Waals surface area contributed by atoms with E-state index in [9.17, 15) is 4.79 Å². The van der Waals surface area contributed by atoms with E-state index < -0.39 is 0 Å². The molecule has 20 heavy (non-hydrogen) atoms. The zero-order chi connectivity index (χ0) is 13.7. The Hall–Kier alpha value is -1.84. The Bertz CT molecular complexity index is 568. The van der Waals surface area contributed by atoms with E-state index in [0.29, 0.717) is 17.8 Å². The van der Waals surface area contributed by atoms with Crippen molar-refractivity contribution in [3.8, 4) is 0 Å². The Balaban J connectivity index is 1.57. The summed E-state index contributed by atoms with van der Waals surface area (Å²) in [6, 6.07) is 10.2. The molecular weight excluding hydrogens is 254 g/mol. The van der Waals surface area contributed by atoms with Gasteiger partial charge in [0.15, 0.2) is 0 Å². The molecular formula is C16H17NO3. The fraction of sp³-hybridized carbons (Fsp3) is 0.500. The number of oxime groups is 1. The van der Waals surface area contributed by atoms with E-state index in [0.717, 1.165) is 24.1 Å². The first-order valence-corrected chi connectivity index (χ1v) is 7.20. The molecule has 3 aliphatic rings. The van der Waals surface area contributed by atoms with E-state index in [1.54, 1.807) is 0 Å². The summed E-state index contributed by atoms with van der Waals surface area (Å²) < 4.78 is 5.42. The minimum Gasteiger partial charge on any atom is -0.462 e. The van der Waals surface area contributed by atoms with Crippen LogP contribution in [0.4, 0.5) is 0 Å². The molecule has 4 rings (SSSR count). The molecule has 1 aliphatic heterocycles. The molecule has 0 spiro atoms. The van der Waals surface area contributed by atoms with Crippen molar-refractivity contribution in [3.05, 3.63) is 35.9 Å². The van der Waals surface area contributed by atoms with Crippen LogP contribution in [0, 0.1) is 17.8 Å². The van der Waals surface area contributed by atoms with Crippen LogP contribution in [0.3, 0.4) is 0 Å². The number of benzene rings is 1. The van der Waals surface area contributed by atoms with Crippen LogP contribution < -0.4 is 0 Å². The van der Waals surface area contributed by atoms with E-state index in [1.807, 2.05) is 18.2 Å². The summed E-state index contributed by atoms with van der Waals surface area (Å²) in [6.45, 7) is 1.48. The molecule has 0 N–H and O–H groups in total. The van der Waals surface area contributed by atoms with Crippen LogP contribution >= 0.6 is 0 Å². The minimum atomic E-state index is -0.193. The monoisotopic (exact) mass is 271 g/mol. The molecule has 0 saturated heterocycles. The van der Waals surface area contributed by atoms with E-state index in [-0.39, 0.29) is 18.2 Å². The van der Waals surface area contributed by atoms with E-state index in [2.05, 4.69) is 17.3 Å². The van der Waals surface area contributed by atoms with Crippen molar-refractivity contribution in [2.75, 3.05) is 0 Å². The lowest BCUT2D eigenvalue weighted by Gasteiger charge is -2.29. The van der Waals surface area contributed by atoms with Crippen LogP contribution in [0.1, 0.15) is 25.3 Å². The minimum absolute atomic E-state index is 0.0177. The summed E-state index contributed by atoms with van der Waals surface area (Å²) in [5, 5.41) is 4.32. The van der Waals surface area contributed by atoms with Crippen LogP contribution in [0.2, 0.25) is 0 Å². The van der Waals surface area contributed by atoms with Gasteiger partial charge in [0.25, 0.3) is 0 Å². The number of fused-ring (bicyclic) bond motifs is 5. The second-order valence-electron chi connectivity index (χ2n) is 5.98. The lowest BCUT2D eigenvalue weighted by atomic mass is 9.80. The first kappa shape index (κ1) is 11.9. The Morgan fingerprint density at radius 1 is 1.30 bits per heavy atom. The maximum atomic E-state index is 11.2. The van der Waals surface area contributed by atoms with Gasteiger partial charge in [-0.15, -0.1) is 0 Å². The SMILES string of the molecule is CC(=O)O[C@@H]1C[C@@H]2C[C@H]1[C@H]1ON=C(c3ccccc3)[C@@H]21. The molecule has 0 aromatic heterocycles. The molecule has 4 nitrogen and oxygen atoms in total. The normalized spacial score (nSPS) is 37.2. The Morgan fingerprint density at radius 2 is 2.10 bits per heavy atom. The van der Waals surface area contributed by atoms with Gasteiger partial charge in [0.2, 0.25) is 0 Å². The Kier molecular flexibility index (Phi) is 2.59. The lowest BCUT2D eigenvalue weighted by Crippen LogP contribution is -2.38. The first-order valence-electron chi connectivity index (χ1n) is 7.20. The van der Waals surface area contributed by atoms with Gasteiger partial charge in [0.1, 0.15) is 12.2 Å². The Labute approximate surface area is 117 Å². The number of esters is 1. The molecule has 0 radical (unpaired) electrons. The highest BCUT2D eigenvalue weighted by molar-refractivity contribution is 6.03. The molecule has 2 aliphatic carbocycles. The second-order valence-corrected chi connectivity index (χ2v) is 5.98. The Morgan fingerprint density at radius 3 is 2.85 bits per heavy atom. The van der Waals surface area contributed by atoms with Crippen molar-refractivity contribution in [2.24, 2.45) is 22.9 Å². The highest BCUT2D eigenvalue weighted by Crippen LogP contribution is 2.54. The quantitative estimate of drug-likeness (QED) is 0.776. The topological polar surface area (TPSA) is 47.9 Å². The standard InChI is InChI=1S/C16H17NO3/c1-9(18)19-13-8-11-7-12(13)16-14(11)15(17-20-16)10-5-3-2-4-6-10/h2-6,11-14,16H,7-8H2,1H3/t11-,12+,13+,14+,16+/m0/s1. The summed E-state index contributed by atoms with van der Waals surface area (Å²) >= 11 is 0.